The van der Waals surface area contributed by atoms with Crippen LogP contribution in [0.25, 0.3) is 0 Å². The number of hydrogen-bond acceptors (Lipinski definition) is 4. The van der Waals surface area contributed by atoms with Crippen molar-refractivity contribution in [3.05, 3.63) is 63.2 Å². The molecule has 1 N–H and O–H groups in total. The summed E-state index contributed by atoms with van der Waals surface area (Å²) in [7, 11) is 0. The highest BCUT2D eigenvalue weighted by molar-refractivity contribution is 8.00. The van der Waals surface area contributed by atoms with Crippen LogP contribution in [-0.2, 0) is 4.79 Å². The van der Waals surface area contributed by atoms with Gasteiger partial charge in [0, 0.05) is 17.0 Å². The molecule has 0 radical (unpaired) electrons. The van der Waals surface area contributed by atoms with Crippen LogP contribution in [0.4, 0.5) is 11.4 Å². The normalized spacial score (nSPS) is 11.8. The lowest BCUT2D eigenvalue weighted by Gasteiger charge is -2.13. The third kappa shape index (κ3) is 4.71. The molecule has 0 saturated carbocycles. The summed E-state index contributed by atoms with van der Waals surface area (Å²) in [5.41, 5.74) is 1.40. The van der Waals surface area contributed by atoms with Crippen molar-refractivity contribution in [1.82, 2.24) is 0 Å². The van der Waals surface area contributed by atoms with Crippen LogP contribution in [0, 0.1) is 17.0 Å². The highest BCUT2D eigenvalue weighted by atomic mass is 35.5. The third-order valence-electron chi connectivity index (χ3n) is 3.12. The maximum atomic E-state index is 12.2. The van der Waals surface area contributed by atoms with Crippen molar-refractivity contribution in [2.45, 2.75) is 24.0 Å². The first-order chi connectivity index (χ1) is 10.9. The third-order valence-corrected chi connectivity index (χ3v) is 4.55. The molecule has 0 aliphatic carbocycles. The Hall–Kier alpha value is -2.05. The standard InChI is InChI=1S/C16H15ClN2O3S/c1-10-3-6-13(7-4-10)23-11(2)16(20)18-15-8-5-12(19(21)22)9-14(15)17/h3-9,11H,1-2H3,(H,18,20). The number of thioether (sulfide) groups is 1. The van der Waals surface area contributed by atoms with Gasteiger partial charge in [0.05, 0.1) is 20.9 Å². The van der Waals surface area contributed by atoms with Crippen LogP contribution in [0.5, 0.6) is 0 Å². The van der Waals surface area contributed by atoms with Gasteiger partial charge in [-0.2, -0.15) is 0 Å². The Morgan fingerprint density at radius 1 is 1.26 bits per heavy atom. The molecule has 0 aliphatic heterocycles. The zero-order valence-electron chi connectivity index (χ0n) is 12.6. The van der Waals surface area contributed by atoms with Gasteiger partial charge in [0.25, 0.3) is 5.69 Å². The minimum atomic E-state index is -0.534. The summed E-state index contributed by atoms with van der Waals surface area (Å²) in [5, 5.41) is 13.2. The number of aryl methyl sites for hydroxylation is 1. The van der Waals surface area contributed by atoms with Gasteiger partial charge in [-0.15, -0.1) is 11.8 Å². The zero-order chi connectivity index (χ0) is 17.0. The Kier molecular flexibility index (Phi) is 5.63. The molecule has 120 valence electrons. The van der Waals surface area contributed by atoms with E-state index in [0.29, 0.717) is 5.69 Å². The first kappa shape index (κ1) is 17.3. The molecule has 0 spiro atoms. The van der Waals surface area contributed by atoms with Crippen LogP contribution in [0.1, 0.15) is 12.5 Å². The molecule has 0 saturated heterocycles. The molecule has 2 aromatic carbocycles. The van der Waals surface area contributed by atoms with Crippen molar-refractivity contribution in [1.29, 1.82) is 0 Å². The second kappa shape index (κ2) is 7.48. The number of nitrogens with zero attached hydrogens (tertiary/aromatic N) is 1. The quantitative estimate of drug-likeness (QED) is 0.483. The highest BCUT2D eigenvalue weighted by Crippen LogP contribution is 2.29. The maximum absolute atomic E-state index is 12.2. The molecule has 0 heterocycles. The van der Waals surface area contributed by atoms with Gasteiger partial charge in [0.15, 0.2) is 0 Å². The van der Waals surface area contributed by atoms with Crippen molar-refractivity contribution in [2.24, 2.45) is 0 Å². The zero-order valence-corrected chi connectivity index (χ0v) is 14.1. The molecule has 2 rings (SSSR count). The Balaban J connectivity index is 2.03. The molecule has 7 heteroatoms. The monoisotopic (exact) mass is 350 g/mol. The number of benzene rings is 2. The molecule has 2 aromatic rings. The summed E-state index contributed by atoms with van der Waals surface area (Å²) in [6, 6.07) is 11.8. The van der Waals surface area contributed by atoms with Gasteiger partial charge in [0.2, 0.25) is 5.91 Å². The SMILES string of the molecule is Cc1ccc(SC(C)C(=O)Nc2ccc([N+](=O)[O-])cc2Cl)cc1. The number of halogens is 1. The van der Waals surface area contributed by atoms with E-state index < -0.39 is 4.92 Å². The number of anilines is 1. The first-order valence-corrected chi connectivity index (χ1v) is 8.10. The average Bonchev–Trinajstić information content (AvgIpc) is 2.51. The lowest BCUT2D eigenvalue weighted by molar-refractivity contribution is -0.384. The molecule has 1 atom stereocenters. The van der Waals surface area contributed by atoms with Gasteiger partial charge in [-0.25, -0.2) is 0 Å². The summed E-state index contributed by atoms with van der Waals surface area (Å²) >= 11 is 7.40. The molecule has 1 unspecified atom stereocenters. The van der Waals surface area contributed by atoms with E-state index in [1.165, 1.54) is 30.0 Å². The molecule has 5 nitrogen and oxygen atoms in total. The Morgan fingerprint density at radius 3 is 2.48 bits per heavy atom. The lowest BCUT2D eigenvalue weighted by atomic mass is 10.2. The number of nitro groups is 1. The van der Waals surface area contributed by atoms with Gasteiger partial charge in [-0.3, -0.25) is 14.9 Å². The molecular formula is C16H15ClN2O3S. The summed E-state index contributed by atoms with van der Waals surface area (Å²) in [4.78, 5) is 23.4. The van der Waals surface area contributed by atoms with Gasteiger partial charge >= 0.3 is 0 Å². The predicted octanol–water partition coefficient (Wildman–Crippen LogP) is 4.68. The number of hydrogen-bond donors (Lipinski definition) is 1. The van der Waals surface area contributed by atoms with Crippen molar-refractivity contribution in [3.63, 3.8) is 0 Å². The number of nitro benzene ring substituents is 1. The van der Waals surface area contributed by atoms with Crippen LogP contribution < -0.4 is 5.32 Å². The fraction of sp³-hybridized carbons (Fsp3) is 0.188. The number of amides is 1. The van der Waals surface area contributed by atoms with Crippen molar-refractivity contribution >= 4 is 40.6 Å². The van der Waals surface area contributed by atoms with E-state index in [-0.39, 0.29) is 21.9 Å². The fourth-order valence-electron chi connectivity index (χ4n) is 1.83. The van der Waals surface area contributed by atoms with E-state index >= 15 is 0 Å². The van der Waals surface area contributed by atoms with Crippen LogP contribution in [-0.4, -0.2) is 16.1 Å². The number of carbonyl (C=O) groups is 1. The topological polar surface area (TPSA) is 72.2 Å². The maximum Gasteiger partial charge on any atom is 0.271 e. The number of non-ortho nitro benzene ring substituents is 1. The smallest absolute Gasteiger partial charge is 0.271 e. The summed E-state index contributed by atoms with van der Waals surface area (Å²) in [6.07, 6.45) is 0. The largest absolute Gasteiger partial charge is 0.324 e. The molecule has 0 bridgehead atoms. The van der Waals surface area contributed by atoms with Crippen molar-refractivity contribution in [2.75, 3.05) is 5.32 Å². The molecular weight excluding hydrogens is 336 g/mol. The summed E-state index contributed by atoms with van der Waals surface area (Å²) in [5.74, 6) is -0.216. The van der Waals surface area contributed by atoms with Crippen LogP contribution in [0.3, 0.4) is 0 Å². The van der Waals surface area contributed by atoms with E-state index in [1.807, 2.05) is 31.2 Å². The van der Waals surface area contributed by atoms with E-state index in [1.54, 1.807) is 6.92 Å². The van der Waals surface area contributed by atoms with E-state index in [0.717, 1.165) is 10.5 Å². The molecule has 1 amide bonds. The second-order valence-corrected chi connectivity index (χ2v) is 6.81. The molecule has 23 heavy (non-hydrogen) atoms. The van der Waals surface area contributed by atoms with E-state index in [9.17, 15) is 14.9 Å². The first-order valence-electron chi connectivity index (χ1n) is 6.85. The summed E-state index contributed by atoms with van der Waals surface area (Å²) < 4.78 is 0. The number of rotatable bonds is 5. The van der Waals surface area contributed by atoms with Crippen molar-refractivity contribution in [3.8, 4) is 0 Å². The number of carbonyl (C=O) groups excluding carboxylic acids is 1. The van der Waals surface area contributed by atoms with Gasteiger partial charge in [0.1, 0.15) is 0 Å². The fourth-order valence-corrected chi connectivity index (χ4v) is 2.92. The highest BCUT2D eigenvalue weighted by Gasteiger charge is 2.17. The minimum absolute atomic E-state index is 0.116. The summed E-state index contributed by atoms with van der Waals surface area (Å²) in [6.45, 7) is 3.79. The van der Waals surface area contributed by atoms with E-state index in [2.05, 4.69) is 5.32 Å². The van der Waals surface area contributed by atoms with Gasteiger partial charge in [-0.05, 0) is 32.0 Å². The predicted molar refractivity (Wildman–Crippen MR) is 93.2 cm³/mol. The van der Waals surface area contributed by atoms with Gasteiger partial charge < -0.3 is 5.32 Å². The van der Waals surface area contributed by atoms with Crippen molar-refractivity contribution < 1.29 is 9.72 Å². The molecule has 0 aromatic heterocycles. The Morgan fingerprint density at radius 2 is 1.91 bits per heavy atom. The average molecular weight is 351 g/mol. The second-order valence-electron chi connectivity index (χ2n) is 4.98. The van der Waals surface area contributed by atoms with E-state index in [4.69, 9.17) is 11.6 Å². The van der Waals surface area contributed by atoms with Gasteiger partial charge in [-0.1, -0.05) is 29.3 Å². The molecule has 0 fully saturated rings. The van der Waals surface area contributed by atoms with Crippen LogP contribution in [0.15, 0.2) is 47.4 Å². The lowest BCUT2D eigenvalue weighted by Crippen LogP contribution is -2.22. The molecule has 0 aliphatic rings. The Labute approximate surface area is 143 Å². The van der Waals surface area contributed by atoms with Crippen LogP contribution >= 0.6 is 23.4 Å². The Bertz CT molecular complexity index is 735. The minimum Gasteiger partial charge on any atom is -0.324 e. The number of nitrogens with one attached hydrogen (secondary N) is 1. The van der Waals surface area contributed by atoms with Crippen LogP contribution in [0.2, 0.25) is 5.02 Å².